The van der Waals surface area contributed by atoms with Crippen molar-refractivity contribution >= 4 is 17.7 Å². The molecule has 1 amide bonds. The summed E-state index contributed by atoms with van der Waals surface area (Å²) in [7, 11) is 0. The first-order chi connectivity index (χ1) is 12.1. The zero-order valence-corrected chi connectivity index (χ0v) is 15.6. The Hall–Kier alpha value is -1.79. The van der Waals surface area contributed by atoms with Crippen LogP contribution in [-0.2, 0) is 5.75 Å². The molecular weight excluding hydrogens is 334 g/mol. The molecule has 1 aromatic heterocycles. The van der Waals surface area contributed by atoms with Crippen molar-refractivity contribution in [1.82, 2.24) is 15.8 Å². The number of hydrogen-bond acceptors (Lipinski definition) is 5. The van der Waals surface area contributed by atoms with Crippen LogP contribution in [0.3, 0.4) is 0 Å². The molecule has 2 heterocycles. The lowest BCUT2D eigenvalue weighted by atomic mass is 10.1. The molecular formula is C19H25N3O2S. The maximum atomic E-state index is 12.6. The first kappa shape index (κ1) is 18.0. The van der Waals surface area contributed by atoms with E-state index in [0.717, 1.165) is 59.3 Å². The Kier molecular flexibility index (Phi) is 6.15. The van der Waals surface area contributed by atoms with Crippen LogP contribution in [0, 0.1) is 19.8 Å². The number of carbonyl (C=O) groups excluding carboxylic acids is 1. The van der Waals surface area contributed by atoms with Crippen LogP contribution < -0.4 is 10.6 Å². The molecule has 5 nitrogen and oxygen atoms in total. The number of hydrogen-bond donors (Lipinski definition) is 2. The minimum Gasteiger partial charge on any atom is -0.361 e. The molecule has 0 bridgehead atoms. The number of aryl methyl sites for hydroxylation is 2. The van der Waals surface area contributed by atoms with Gasteiger partial charge < -0.3 is 15.2 Å². The third-order valence-corrected chi connectivity index (χ3v) is 5.79. The zero-order chi connectivity index (χ0) is 17.6. The summed E-state index contributed by atoms with van der Waals surface area (Å²) in [5, 5.41) is 10.4. The zero-order valence-electron chi connectivity index (χ0n) is 14.8. The highest BCUT2D eigenvalue weighted by Crippen LogP contribution is 2.28. The van der Waals surface area contributed by atoms with E-state index >= 15 is 0 Å². The molecule has 25 heavy (non-hydrogen) atoms. The Morgan fingerprint density at radius 2 is 2.24 bits per heavy atom. The molecule has 1 aliphatic rings. The van der Waals surface area contributed by atoms with E-state index in [-0.39, 0.29) is 5.91 Å². The number of nitrogens with one attached hydrogen (secondary N) is 2. The first-order valence-corrected chi connectivity index (χ1v) is 9.76. The largest absolute Gasteiger partial charge is 0.361 e. The average molecular weight is 359 g/mol. The third-order valence-electron chi connectivity index (χ3n) is 4.69. The van der Waals surface area contributed by atoms with Crippen molar-refractivity contribution in [2.24, 2.45) is 5.92 Å². The Morgan fingerprint density at radius 3 is 2.96 bits per heavy atom. The van der Waals surface area contributed by atoms with E-state index in [1.54, 1.807) is 11.8 Å². The fraction of sp³-hybridized carbons (Fsp3) is 0.474. The van der Waals surface area contributed by atoms with Gasteiger partial charge in [0.25, 0.3) is 5.91 Å². The maximum Gasteiger partial charge on any atom is 0.252 e. The van der Waals surface area contributed by atoms with Crippen molar-refractivity contribution in [3.05, 3.63) is 46.8 Å². The van der Waals surface area contributed by atoms with Crippen LogP contribution in [-0.4, -0.2) is 30.7 Å². The van der Waals surface area contributed by atoms with Crippen LogP contribution in [0.15, 0.2) is 33.7 Å². The average Bonchev–Trinajstić information content (AvgIpc) is 3.24. The van der Waals surface area contributed by atoms with Gasteiger partial charge in [0.15, 0.2) is 0 Å². The molecule has 6 heteroatoms. The van der Waals surface area contributed by atoms with Crippen LogP contribution in [0.1, 0.15) is 40.2 Å². The summed E-state index contributed by atoms with van der Waals surface area (Å²) in [4.78, 5) is 13.6. The molecule has 2 aromatic rings. The molecule has 1 saturated heterocycles. The normalized spacial score (nSPS) is 17.0. The number of amides is 1. The number of nitrogens with zero attached hydrogens (tertiary/aromatic N) is 1. The van der Waals surface area contributed by atoms with Crippen LogP contribution in [0.25, 0.3) is 0 Å². The summed E-state index contributed by atoms with van der Waals surface area (Å²) < 4.78 is 5.22. The molecule has 1 atom stereocenters. The van der Waals surface area contributed by atoms with Gasteiger partial charge in [-0.2, -0.15) is 0 Å². The lowest BCUT2D eigenvalue weighted by Gasteiger charge is -2.12. The molecule has 2 N–H and O–H groups in total. The topological polar surface area (TPSA) is 67.2 Å². The van der Waals surface area contributed by atoms with Gasteiger partial charge in [-0.1, -0.05) is 17.3 Å². The van der Waals surface area contributed by atoms with Crippen molar-refractivity contribution in [2.45, 2.75) is 37.3 Å². The van der Waals surface area contributed by atoms with Gasteiger partial charge >= 0.3 is 0 Å². The predicted molar refractivity (Wildman–Crippen MR) is 99.9 cm³/mol. The summed E-state index contributed by atoms with van der Waals surface area (Å²) >= 11 is 1.65. The van der Waals surface area contributed by atoms with E-state index in [1.165, 1.54) is 6.42 Å². The molecule has 0 spiro atoms. The number of carbonyl (C=O) groups is 1. The minimum atomic E-state index is 0.00724. The Morgan fingerprint density at radius 1 is 1.40 bits per heavy atom. The fourth-order valence-corrected chi connectivity index (χ4v) is 4.29. The highest BCUT2D eigenvalue weighted by atomic mass is 32.2. The molecule has 1 aliphatic heterocycles. The highest BCUT2D eigenvalue weighted by molar-refractivity contribution is 7.98. The van der Waals surface area contributed by atoms with Gasteiger partial charge in [-0.05, 0) is 57.8 Å². The van der Waals surface area contributed by atoms with E-state index in [9.17, 15) is 4.79 Å². The Labute approximate surface area is 152 Å². The number of thioether (sulfide) groups is 1. The number of benzene rings is 1. The quantitative estimate of drug-likeness (QED) is 0.743. The molecule has 0 radical (unpaired) electrons. The standard InChI is InChI=1S/C19H25N3O2S/c1-13-17(14(2)24-22-13)12-25-18-6-4-3-5-16(18)19(23)21-10-8-15-7-9-20-11-15/h3-6,15,20H,7-12H2,1-2H3,(H,21,23). The van der Waals surface area contributed by atoms with Crippen molar-refractivity contribution in [1.29, 1.82) is 0 Å². The van der Waals surface area contributed by atoms with Gasteiger partial charge in [0, 0.05) is 22.8 Å². The SMILES string of the molecule is Cc1noc(C)c1CSc1ccccc1C(=O)NCCC1CCNC1. The van der Waals surface area contributed by atoms with Gasteiger partial charge in [0.05, 0.1) is 11.3 Å². The number of aromatic nitrogens is 1. The molecule has 1 aromatic carbocycles. The molecule has 3 rings (SSSR count). The van der Waals surface area contributed by atoms with Gasteiger partial charge in [-0.3, -0.25) is 4.79 Å². The van der Waals surface area contributed by atoms with Crippen LogP contribution in [0.2, 0.25) is 0 Å². The first-order valence-electron chi connectivity index (χ1n) is 8.77. The molecule has 0 saturated carbocycles. The lowest BCUT2D eigenvalue weighted by molar-refractivity contribution is 0.0948. The van der Waals surface area contributed by atoms with Crippen LogP contribution in [0.4, 0.5) is 0 Å². The monoisotopic (exact) mass is 359 g/mol. The summed E-state index contributed by atoms with van der Waals surface area (Å²) in [6.45, 7) is 6.77. The van der Waals surface area contributed by atoms with Crippen LogP contribution in [0.5, 0.6) is 0 Å². The maximum absolute atomic E-state index is 12.6. The van der Waals surface area contributed by atoms with E-state index in [0.29, 0.717) is 5.92 Å². The van der Waals surface area contributed by atoms with Crippen molar-refractivity contribution in [3.8, 4) is 0 Å². The van der Waals surface area contributed by atoms with Crippen LogP contribution >= 0.6 is 11.8 Å². The molecule has 0 aliphatic carbocycles. The smallest absolute Gasteiger partial charge is 0.252 e. The second-order valence-electron chi connectivity index (χ2n) is 6.49. The van der Waals surface area contributed by atoms with Crippen molar-refractivity contribution < 1.29 is 9.32 Å². The highest BCUT2D eigenvalue weighted by Gasteiger charge is 2.16. The fourth-order valence-electron chi connectivity index (χ4n) is 3.08. The Bertz CT molecular complexity index is 704. The van der Waals surface area contributed by atoms with Gasteiger partial charge in [0.2, 0.25) is 0 Å². The summed E-state index contributed by atoms with van der Waals surface area (Å²) in [5.74, 6) is 2.29. The van der Waals surface area contributed by atoms with Crippen molar-refractivity contribution in [3.63, 3.8) is 0 Å². The minimum absolute atomic E-state index is 0.00724. The predicted octanol–water partition coefficient (Wildman–Crippen LogP) is 3.31. The third kappa shape index (κ3) is 4.64. The summed E-state index contributed by atoms with van der Waals surface area (Å²) in [5.41, 5.74) is 2.76. The van der Waals surface area contributed by atoms with Gasteiger partial charge in [-0.15, -0.1) is 11.8 Å². The van der Waals surface area contributed by atoms with Gasteiger partial charge in [-0.25, -0.2) is 0 Å². The number of rotatable bonds is 7. The summed E-state index contributed by atoms with van der Waals surface area (Å²) in [6, 6.07) is 7.77. The van der Waals surface area contributed by atoms with Crippen molar-refractivity contribution in [2.75, 3.05) is 19.6 Å². The van der Waals surface area contributed by atoms with E-state index < -0.39 is 0 Å². The molecule has 1 fully saturated rings. The second kappa shape index (κ2) is 8.54. The molecule has 134 valence electrons. The van der Waals surface area contributed by atoms with Gasteiger partial charge in [0.1, 0.15) is 5.76 Å². The van der Waals surface area contributed by atoms with E-state index in [4.69, 9.17) is 4.52 Å². The van der Waals surface area contributed by atoms with E-state index in [2.05, 4.69) is 15.8 Å². The molecule has 1 unspecified atom stereocenters. The Balaban J connectivity index is 1.58. The second-order valence-corrected chi connectivity index (χ2v) is 7.51. The summed E-state index contributed by atoms with van der Waals surface area (Å²) in [6.07, 6.45) is 2.24. The lowest BCUT2D eigenvalue weighted by Crippen LogP contribution is -2.26. The van der Waals surface area contributed by atoms with E-state index in [1.807, 2.05) is 38.1 Å².